The minimum atomic E-state index is -0.242. The standard InChI is InChI=1S/C17H25NO2/c18-12-16(10-13-4-5-15(16)19-13)11-14-6-9-17(20-14)7-2-1-3-8-17/h13-15H,1-11H2. The Morgan fingerprint density at radius 2 is 1.90 bits per heavy atom. The summed E-state index contributed by atoms with van der Waals surface area (Å²) in [6.07, 6.45) is 13.8. The second kappa shape index (κ2) is 4.71. The zero-order valence-corrected chi connectivity index (χ0v) is 12.3. The quantitative estimate of drug-likeness (QED) is 0.771. The van der Waals surface area contributed by atoms with Crippen molar-refractivity contribution in [2.75, 3.05) is 0 Å². The van der Waals surface area contributed by atoms with Gasteiger partial charge in [-0.3, -0.25) is 0 Å². The highest BCUT2D eigenvalue weighted by molar-refractivity contribution is 5.13. The Morgan fingerprint density at radius 1 is 1.05 bits per heavy atom. The van der Waals surface area contributed by atoms with E-state index in [9.17, 15) is 5.26 Å². The third-order valence-corrected chi connectivity index (χ3v) is 6.23. The maximum absolute atomic E-state index is 9.72. The molecule has 2 bridgehead atoms. The Hall–Kier alpha value is -0.590. The van der Waals surface area contributed by atoms with Crippen LogP contribution in [0.25, 0.3) is 0 Å². The summed E-state index contributed by atoms with van der Waals surface area (Å²) in [5, 5.41) is 9.72. The van der Waals surface area contributed by atoms with Gasteiger partial charge in [0, 0.05) is 0 Å². The summed E-state index contributed by atoms with van der Waals surface area (Å²) in [6.45, 7) is 0. The predicted molar refractivity (Wildman–Crippen MR) is 75.1 cm³/mol. The van der Waals surface area contributed by atoms with Crippen molar-refractivity contribution in [2.24, 2.45) is 5.41 Å². The summed E-state index contributed by atoms with van der Waals surface area (Å²) in [5.41, 5.74) is -0.0637. The molecule has 0 aromatic heterocycles. The lowest BCUT2D eigenvalue weighted by atomic mass is 9.71. The van der Waals surface area contributed by atoms with Crippen molar-refractivity contribution in [1.29, 1.82) is 5.26 Å². The van der Waals surface area contributed by atoms with Crippen molar-refractivity contribution >= 4 is 0 Å². The van der Waals surface area contributed by atoms with E-state index in [1.54, 1.807) is 0 Å². The molecule has 1 spiro atoms. The second-order valence-corrected chi connectivity index (χ2v) is 7.52. The van der Waals surface area contributed by atoms with Gasteiger partial charge in [-0.1, -0.05) is 19.3 Å². The van der Waals surface area contributed by atoms with Crippen molar-refractivity contribution in [3.8, 4) is 6.07 Å². The van der Waals surface area contributed by atoms with Gasteiger partial charge in [-0.05, 0) is 51.4 Å². The number of fused-ring (bicyclic) bond motifs is 2. The zero-order chi connectivity index (χ0) is 13.6. The first-order valence-electron chi connectivity index (χ1n) is 8.48. The number of hydrogen-bond acceptors (Lipinski definition) is 3. The van der Waals surface area contributed by atoms with Gasteiger partial charge in [0.25, 0.3) is 0 Å². The fraction of sp³-hybridized carbons (Fsp3) is 0.941. The van der Waals surface area contributed by atoms with Gasteiger partial charge in [-0.2, -0.15) is 5.26 Å². The molecule has 4 unspecified atom stereocenters. The average molecular weight is 275 g/mol. The van der Waals surface area contributed by atoms with Crippen molar-refractivity contribution in [1.82, 2.24) is 0 Å². The maximum Gasteiger partial charge on any atom is 0.0884 e. The third-order valence-electron chi connectivity index (χ3n) is 6.23. The SMILES string of the molecule is N#CC1(CC2CCC3(CCCCC3)O2)CC2CCC1O2. The van der Waals surface area contributed by atoms with E-state index in [0.717, 1.165) is 32.1 Å². The highest BCUT2D eigenvalue weighted by atomic mass is 16.5. The second-order valence-electron chi connectivity index (χ2n) is 7.52. The van der Waals surface area contributed by atoms with Crippen LogP contribution in [-0.2, 0) is 9.47 Å². The lowest BCUT2D eigenvalue weighted by Gasteiger charge is -2.35. The van der Waals surface area contributed by atoms with E-state index in [4.69, 9.17) is 9.47 Å². The minimum Gasteiger partial charge on any atom is -0.373 e. The molecule has 4 aliphatic rings. The molecule has 3 heteroatoms. The van der Waals surface area contributed by atoms with Crippen molar-refractivity contribution in [2.45, 2.75) is 94.5 Å². The molecule has 1 aliphatic carbocycles. The van der Waals surface area contributed by atoms with Crippen LogP contribution in [0.1, 0.15) is 70.6 Å². The number of ether oxygens (including phenoxy) is 2. The summed E-state index contributed by atoms with van der Waals surface area (Å²) in [5.74, 6) is 0. The molecule has 0 radical (unpaired) electrons. The molecular weight excluding hydrogens is 250 g/mol. The Morgan fingerprint density at radius 3 is 2.55 bits per heavy atom. The third kappa shape index (κ3) is 2.00. The van der Waals surface area contributed by atoms with Crippen molar-refractivity contribution in [3.05, 3.63) is 0 Å². The highest BCUT2D eigenvalue weighted by Gasteiger charge is 2.55. The fourth-order valence-corrected chi connectivity index (χ4v) is 5.19. The number of nitrogens with zero attached hydrogens (tertiary/aromatic N) is 1. The largest absolute Gasteiger partial charge is 0.373 e. The van der Waals surface area contributed by atoms with Gasteiger partial charge in [-0.25, -0.2) is 0 Å². The van der Waals surface area contributed by atoms with Crippen LogP contribution in [-0.4, -0.2) is 23.9 Å². The Bertz CT molecular complexity index is 423. The van der Waals surface area contributed by atoms with Crippen LogP contribution >= 0.6 is 0 Å². The van der Waals surface area contributed by atoms with Crippen LogP contribution in [0, 0.1) is 16.7 Å². The molecule has 1 saturated carbocycles. The van der Waals surface area contributed by atoms with Gasteiger partial charge >= 0.3 is 0 Å². The van der Waals surface area contributed by atoms with E-state index >= 15 is 0 Å². The molecule has 0 amide bonds. The zero-order valence-electron chi connectivity index (χ0n) is 12.3. The van der Waals surface area contributed by atoms with Gasteiger partial charge in [0.1, 0.15) is 0 Å². The molecule has 4 atom stereocenters. The summed E-state index contributed by atoms with van der Waals surface area (Å²) < 4.78 is 12.4. The van der Waals surface area contributed by atoms with E-state index in [-0.39, 0.29) is 17.1 Å². The fourth-order valence-electron chi connectivity index (χ4n) is 5.19. The highest BCUT2D eigenvalue weighted by Crippen LogP contribution is 2.52. The first-order chi connectivity index (χ1) is 9.74. The summed E-state index contributed by atoms with van der Waals surface area (Å²) in [7, 11) is 0. The normalized spacial score (nSPS) is 45.9. The number of hydrogen-bond donors (Lipinski definition) is 0. The average Bonchev–Trinajstić information content (AvgIpc) is 3.16. The van der Waals surface area contributed by atoms with Crippen LogP contribution in [0.5, 0.6) is 0 Å². The molecule has 0 aromatic carbocycles. The minimum absolute atomic E-state index is 0.179. The summed E-state index contributed by atoms with van der Waals surface area (Å²) in [4.78, 5) is 0. The molecule has 4 fully saturated rings. The van der Waals surface area contributed by atoms with Gasteiger partial charge in [0.15, 0.2) is 0 Å². The molecule has 3 saturated heterocycles. The first kappa shape index (κ1) is 13.1. The monoisotopic (exact) mass is 275 g/mol. The Labute approximate surface area is 121 Å². The van der Waals surface area contributed by atoms with Crippen molar-refractivity contribution in [3.63, 3.8) is 0 Å². The van der Waals surface area contributed by atoms with E-state index in [1.165, 1.54) is 38.5 Å². The molecule has 3 nitrogen and oxygen atoms in total. The molecule has 3 aliphatic heterocycles. The molecule has 3 heterocycles. The topological polar surface area (TPSA) is 42.2 Å². The first-order valence-corrected chi connectivity index (χ1v) is 8.48. The molecule has 110 valence electrons. The van der Waals surface area contributed by atoms with Crippen LogP contribution < -0.4 is 0 Å². The Balaban J connectivity index is 1.44. The molecule has 4 rings (SSSR count). The van der Waals surface area contributed by atoms with Crippen LogP contribution in [0.4, 0.5) is 0 Å². The predicted octanol–water partition coefficient (Wildman–Crippen LogP) is 3.72. The summed E-state index contributed by atoms with van der Waals surface area (Å²) >= 11 is 0. The van der Waals surface area contributed by atoms with E-state index in [2.05, 4.69) is 6.07 Å². The Kier molecular flexibility index (Phi) is 3.09. The molecule has 0 N–H and O–H groups in total. The maximum atomic E-state index is 9.72. The van der Waals surface area contributed by atoms with Crippen molar-refractivity contribution < 1.29 is 9.47 Å². The van der Waals surface area contributed by atoms with Gasteiger partial charge in [0.05, 0.1) is 35.4 Å². The van der Waals surface area contributed by atoms with Gasteiger partial charge in [-0.15, -0.1) is 0 Å². The summed E-state index contributed by atoms with van der Waals surface area (Å²) in [6, 6.07) is 2.62. The number of rotatable bonds is 2. The molecule has 20 heavy (non-hydrogen) atoms. The molecular formula is C17H25NO2. The number of nitriles is 1. The smallest absolute Gasteiger partial charge is 0.0884 e. The lowest BCUT2D eigenvalue weighted by molar-refractivity contribution is -0.0772. The molecule has 0 aromatic rings. The van der Waals surface area contributed by atoms with Crippen LogP contribution in [0.15, 0.2) is 0 Å². The van der Waals surface area contributed by atoms with E-state index in [1.807, 2.05) is 0 Å². The van der Waals surface area contributed by atoms with Crippen LogP contribution in [0.3, 0.4) is 0 Å². The van der Waals surface area contributed by atoms with E-state index < -0.39 is 0 Å². The van der Waals surface area contributed by atoms with Gasteiger partial charge in [0.2, 0.25) is 0 Å². The lowest BCUT2D eigenvalue weighted by Crippen LogP contribution is -2.37. The van der Waals surface area contributed by atoms with E-state index in [0.29, 0.717) is 12.2 Å². The van der Waals surface area contributed by atoms with Gasteiger partial charge < -0.3 is 9.47 Å². The van der Waals surface area contributed by atoms with Crippen LogP contribution in [0.2, 0.25) is 0 Å².